The minimum Gasteiger partial charge on any atom is -0.497 e. The number of benzene rings is 2. The Kier molecular flexibility index (Phi) is 6.69. The molecule has 0 aliphatic heterocycles. The van der Waals surface area contributed by atoms with Gasteiger partial charge in [-0.15, -0.1) is 0 Å². The van der Waals surface area contributed by atoms with Gasteiger partial charge < -0.3 is 30.4 Å². The van der Waals surface area contributed by atoms with Crippen molar-refractivity contribution in [2.75, 3.05) is 39.9 Å². The van der Waals surface area contributed by atoms with E-state index in [9.17, 15) is 0 Å². The minimum absolute atomic E-state index is 0.590. The van der Waals surface area contributed by atoms with Crippen LogP contribution in [0.15, 0.2) is 36.4 Å². The lowest BCUT2D eigenvalue weighted by Gasteiger charge is -2.05. The normalized spacial score (nSPS) is 9.27. The Bertz CT molecular complexity index is 549. The third-order valence-corrected chi connectivity index (χ3v) is 2.87. The molecule has 0 fully saturated rings. The maximum atomic E-state index is 5.60. The Morgan fingerprint density at radius 1 is 0.591 bits per heavy atom. The molecule has 6 heteroatoms. The van der Waals surface area contributed by atoms with Gasteiger partial charge >= 0.3 is 0 Å². The summed E-state index contributed by atoms with van der Waals surface area (Å²) >= 11 is 0. The van der Waals surface area contributed by atoms with Gasteiger partial charge in [-0.05, 0) is 24.3 Å². The van der Waals surface area contributed by atoms with E-state index >= 15 is 0 Å². The first-order chi connectivity index (χ1) is 10.5. The van der Waals surface area contributed by atoms with E-state index in [0.717, 1.165) is 11.5 Å². The molecule has 0 saturated carbocycles. The first-order valence-electron chi connectivity index (χ1n) is 6.50. The van der Waals surface area contributed by atoms with Gasteiger partial charge in [0, 0.05) is 12.1 Å². The average Bonchev–Trinajstić information content (AvgIpc) is 2.55. The van der Waals surface area contributed by atoms with Gasteiger partial charge in [0.25, 0.3) is 0 Å². The van der Waals surface area contributed by atoms with Crippen LogP contribution in [0.2, 0.25) is 0 Å². The molecule has 2 aromatic carbocycles. The summed E-state index contributed by atoms with van der Waals surface area (Å²) in [7, 11) is 6.36. The summed E-state index contributed by atoms with van der Waals surface area (Å²) < 4.78 is 19.8. The van der Waals surface area contributed by atoms with Crippen LogP contribution in [0.3, 0.4) is 0 Å². The largest absolute Gasteiger partial charge is 0.497 e. The molecule has 2 rings (SSSR count). The van der Waals surface area contributed by atoms with Crippen LogP contribution in [0.1, 0.15) is 0 Å². The fourth-order valence-corrected chi connectivity index (χ4v) is 1.68. The predicted molar refractivity (Wildman–Crippen MR) is 87.9 cm³/mol. The maximum absolute atomic E-state index is 5.60. The summed E-state index contributed by atoms with van der Waals surface area (Å²) in [4.78, 5) is 0. The topological polar surface area (TPSA) is 89.0 Å². The summed E-state index contributed by atoms with van der Waals surface area (Å²) in [6, 6.07) is 10.6. The second-order valence-electron chi connectivity index (χ2n) is 4.22. The molecule has 0 aliphatic rings. The van der Waals surface area contributed by atoms with E-state index in [1.807, 2.05) is 0 Å². The lowest BCUT2D eigenvalue weighted by molar-refractivity contribution is 0.405. The average molecular weight is 306 g/mol. The second-order valence-corrected chi connectivity index (χ2v) is 4.22. The van der Waals surface area contributed by atoms with Crippen molar-refractivity contribution in [3.05, 3.63) is 36.4 Å². The number of nitrogens with two attached hydrogens (primary N) is 2. The molecule has 2 aromatic rings. The zero-order chi connectivity index (χ0) is 16.5. The van der Waals surface area contributed by atoms with Crippen molar-refractivity contribution in [3.63, 3.8) is 0 Å². The Morgan fingerprint density at radius 2 is 0.955 bits per heavy atom. The molecule has 0 saturated heterocycles. The summed E-state index contributed by atoms with van der Waals surface area (Å²) in [5.74, 6) is 2.82. The Hall–Kier alpha value is -2.76. The van der Waals surface area contributed by atoms with Gasteiger partial charge in [0.05, 0.1) is 39.8 Å². The number of hydrogen-bond donors (Lipinski definition) is 2. The quantitative estimate of drug-likeness (QED) is 0.844. The minimum atomic E-state index is 0.590. The summed E-state index contributed by atoms with van der Waals surface area (Å²) in [6.45, 7) is 0. The molecule has 0 heterocycles. The molecule has 4 N–H and O–H groups in total. The lowest BCUT2D eigenvalue weighted by Crippen LogP contribution is -1.92. The smallest absolute Gasteiger partial charge is 0.142 e. The van der Waals surface area contributed by atoms with Gasteiger partial charge in [-0.3, -0.25) is 0 Å². The van der Waals surface area contributed by atoms with Crippen LogP contribution in [0.25, 0.3) is 0 Å². The van der Waals surface area contributed by atoms with E-state index in [1.165, 1.54) is 0 Å². The van der Waals surface area contributed by atoms with Crippen LogP contribution < -0.4 is 30.4 Å². The molecule has 0 bridgehead atoms. The van der Waals surface area contributed by atoms with Crippen LogP contribution in [0.5, 0.6) is 23.0 Å². The third-order valence-electron chi connectivity index (χ3n) is 2.87. The molecule has 0 radical (unpaired) electrons. The van der Waals surface area contributed by atoms with E-state index < -0.39 is 0 Å². The molecule has 0 aromatic heterocycles. The highest BCUT2D eigenvalue weighted by molar-refractivity contribution is 5.56. The number of nitrogen functional groups attached to an aromatic ring is 2. The van der Waals surface area contributed by atoms with Crippen molar-refractivity contribution < 1.29 is 18.9 Å². The summed E-state index contributed by atoms with van der Waals surface area (Å²) in [5, 5.41) is 0. The number of anilines is 2. The maximum Gasteiger partial charge on any atom is 0.142 e. The van der Waals surface area contributed by atoms with Gasteiger partial charge in [0.1, 0.15) is 23.0 Å². The molecular weight excluding hydrogens is 284 g/mol. The monoisotopic (exact) mass is 306 g/mol. The Morgan fingerprint density at radius 3 is 1.18 bits per heavy atom. The number of ether oxygens (including phenoxy) is 4. The molecule has 0 aliphatic carbocycles. The molecule has 0 amide bonds. The van der Waals surface area contributed by atoms with E-state index in [2.05, 4.69) is 0 Å². The van der Waals surface area contributed by atoms with Crippen molar-refractivity contribution in [2.45, 2.75) is 0 Å². The van der Waals surface area contributed by atoms with Crippen molar-refractivity contribution in [1.82, 2.24) is 0 Å². The van der Waals surface area contributed by atoms with Crippen molar-refractivity contribution in [3.8, 4) is 23.0 Å². The molecule has 120 valence electrons. The van der Waals surface area contributed by atoms with E-state index in [0.29, 0.717) is 22.9 Å². The molecular formula is C16H22N2O4. The molecule has 0 spiro atoms. The van der Waals surface area contributed by atoms with Crippen LogP contribution in [-0.2, 0) is 0 Å². The standard InChI is InChI=1S/2C8H11NO2/c2*1-10-6-3-4-8(11-2)7(9)5-6/h2*3-5H,9H2,1-2H3. The second kappa shape index (κ2) is 8.51. The van der Waals surface area contributed by atoms with Gasteiger partial charge in [-0.1, -0.05) is 0 Å². The highest BCUT2D eigenvalue weighted by Crippen LogP contribution is 2.26. The summed E-state index contributed by atoms with van der Waals surface area (Å²) in [5.41, 5.74) is 12.4. The van der Waals surface area contributed by atoms with Crippen LogP contribution in [-0.4, -0.2) is 28.4 Å². The third kappa shape index (κ3) is 4.66. The highest BCUT2D eigenvalue weighted by Gasteiger charge is 1.99. The molecule has 6 nitrogen and oxygen atoms in total. The SMILES string of the molecule is COc1ccc(OC)c(N)c1.COc1ccc(OC)c(N)c1. The first-order valence-corrected chi connectivity index (χ1v) is 6.50. The van der Waals surface area contributed by atoms with Gasteiger partial charge in [0.2, 0.25) is 0 Å². The zero-order valence-electron chi connectivity index (χ0n) is 13.3. The zero-order valence-corrected chi connectivity index (χ0v) is 13.3. The predicted octanol–water partition coefficient (Wildman–Crippen LogP) is 2.57. The van der Waals surface area contributed by atoms with Gasteiger partial charge in [0.15, 0.2) is 0 Å². The molecule has 0 unspecified atom stereocenters. The molecule has 0 atom stereocenters. The lowest BCUT2D eigenvalue weighted by atomic mass is 10.3. The van der Waals surface area contributed by atoms with Crippen LogP contribution in [0, 0.1) is 0 Å². The highest BCUT2D eigenvalue weighted by atomic mass is 16.5. The van der Waals surface area contributed by atoms with Crippen LogP contribution in [0.4, 0.5) is 11.4 Å². The number of hydrogen-bond acceptors (Lipinski definition) is 6. The number of methoxy groups -OCH3 is 4. The number of rotatable bonds is 4. The fraction of sp³-hybridized carbons (Fsp3) is 0.250. The van der Waals surface area contributed by atoms with Crippen molar-refractivity contribution in [2.24, 2.45) is 0 Å². The van der Waals surface area contributed by atoms with Gasteiger partial charge in [-0.2, -0.15) is 0 Å². The fourth-order valence-electron chi connectivity index (χ4n) is 1.68. The summed E-state index contributed by atoms with van der Waals surface area (Å²) in [6.07, 6.45) is 0. The Balaban J connectivity index is 0.000000220. The van der Waals surface area contributed by atoms with Crippen LogP contribution >= 0.6 is 0 Å². The Labute approximate surface area is 130 Å². The van der Waals surface area contributed by atoms with Crippen molar-refractivity contribution >= 4 is 11.4 Å². The molecule has 22 heavy (non-hydrogen) atoms. The van der Waals surface area contributed by atoms with Crippen molar-refractivity contribution in [1.29, 1.82) is 0 Å². The first kappa shape index (κ1) is 17.3. The van der Waals surface area contributed by atoms with E-state index in [-0.39, 0.29) is 0 Å². The van der Waals surface area contributed by atoms with E-state index in [1.54, 1.807) is 64.8 Å². The van der Waals surface area contributed by atoms with Gasteiger partial charge in [-0.25, -0.2) is 0 Å². The van der Waals surface area contributed by atoms with E-state index in [4.69, 9.17) is 30.4 Å².